The van der Waals surface area contributed by atoms with Crippen molar-refractivity contribution in [3.05, 3.63) is 54.1 Å². The molecule has 0 aromatic heterocycles. The Labute approximate surface area is 120 Å². The van der Waals surface area contributed by atoms with Crippen molar-refractivity contribution >= 4 is 11.4 Å². The van der Waals surface area contributed by atoms with E-state index in [0.717, 1.165) is 44.0 Å². The van der Waals surface area contributed by atoms with E-state index in [2.05, 4.69) is 17.0 Å². The van der Waals surface area contributed by atoms with Crippen molar-refractivity contribution in [3.8, 4) is 5.75 Å². The Morgan fingerprint density at radius 1 is 1.10 bits per heavy atom. The maximum Gasteiger partial charge on any atom is 0.119 e. The summed E-state index contributed by atoms with van der Waals surface area (Å²) in [6.45, 7) is 2.85. The van der Waals surface area contributed by atoms with Gasteiger partial charge in [-0.2, -0.15) is 0 Å². The van der Waals surface area contributed by atoms with Crippen molar-refractivity contribution in [1.82, 2.24) is 0 Å². The van der Waals surface area contributed by atoms with E-state index in [1.807, 2.05) is 36.4 Å². The summed E-state index contributed by atoms with van der Waals surface area (Å²) >= 11 is 0. The average molecular weight is 268 g/mol. The molecule has 0 saturated heterocycles. The molecule has 3 rings (SSSR count). The van der Waals surface area contributed by atoms with E-state index in [1.165, 1.54) is 11.3 Å². The van der Waals surface area contributed by atoms with Crippen molar-refractivity contribution in [2.75, 3.05) is 30.3 Å². The monoisotopic (exact) mass is 268 g/mol. The number of rotatable bonds is 5. The van der Waals surface area contributed by atoms with Gasteiger partial charge < -0.3 is 15.4 Å². The molecule has 0 fully saturated rings. The lowest BCUT2D eigenvalue weighted by atomic mass is 10.1. The summed E-state index contributed by atoms with van der Waals surface area (Å²) in [5.74, 6) is 0.943. The SMILES string of the molecule is Nc1ccc2c(c1)N(CCCOc1ccccc1)CC2. The molecule has 0 aliphatic carbocycles. The fourth-order valence-corrected chi connectivity index (χ4v) is 2.66. The van der Waals surface area contributed by atoms with Crippen molar-refractivity contribution in [1.29, 1.82) is 0 Å². The molecular formula is C17H20N2O. The summed E-state index contributed by atoms with van der Waals surface area (Å²) in [6, 6.07) is 16.2. The molecule has 0 unspecified atom stereocenters. The molecule has 0 radical (unpaired) electrons. The zero-order valence-corrected chi connectivity index (χ0v) is 11.6. The van der Waals surface area contributed by atoms with E-state index in [4.69, 9.17) is 10.5 Å². The lowest BCUT2D eigenvalue weighted by Crippen LogP contribution is -2.23. The summed E-state index contributed by atoms with van der Waals surface area (Å²) in [5.41, 5.74) is 9.42. The van der Waals surface area contributed by atoms with Gasteiger partial charge >= 0.3 is 0 Å². The molecule has 2 N–H and O–H groups in total. The Hall–Kier alpha value is -2.16. The number of nitrogens with two attached hydrogens (primary N) is 1. The number of nitrogens with zero attached hydrogens (tertiary/aromatic N) is 1. The molecule has 1 aliphatic rings. The van der Waals surface area contributed by atoms with E-state index in [9.17, 15) is 0 Å². The van der Waals surface area contributed by atoms with E-state index < -0.39 is 0 Å². The Morgan fingerprint density at radius 2 is 1.95 bits per heavy atom. The molecule has 3 heteroatoms. The van der Waals surface area contributed by atoms with Crippen molar-refractivity contribution < 1.29 is 4.74 Å². The molecular weight excluding hydrogens is 248 g/mol. The fraction of sp³-hybridized carbons (Fsp3) is 0.294. The van der Waals surface area contributed by atoms with Crippen LogP contribution >= 0.6 is 0 Å². The predicted molar refractivity (Wildman–Crippen MR) is 83.3 cm³/mol. The van der Waals surface area contributed by atoms with Crippen LogP contribution in [0, 0.1) is 0 Å². The number of hydrogen-bond acceptors (Lipinski definition) is 3. The largest absolute Gasteiger partial charge is 0.494 e. The topological polar surface area (TPSA) is 38.5 Å². The zero-order valence-electron chi connectivity index (χ0n) is 11.6. The third-order valence-electron chi connectivity index (χ3n) is 3.69. The summed E-state index contributed by atoms with van der Waals surface area (Å²) in [4.78, 5) is 2.40. The first-order chi connectivity index (χ1) is 9.83. The van der Waals surface area contributed by atoms with E-state index >= 15 is 0 Å². The van der Waals surface area contributed by atoms with Gasteiger partial charge in [-0.05, 0) is 42.7 Å². The molecule has 0 bridgehead atoms. The molecule has 3 nitrogen and oxygen atoms in total. The molecule has 0 spiro atoms. The Kier molecular flexibility index (Phi) is 3.77. The molecule has 1 aliphatic heterocycles. The van der Waals surface area contributed by atoms with Crippen molar-refractivity contribution in [2.24, 2.45) is 0 Å². The molecule has 0 saturated carbocycles. The molecule has 104 valence electrons. The molecule has 2 aromatic rings. The Morgan fingerprint density at radius 3 is 2.80 bits per heavy atom. The first-order valence-electron chi connectivity index (χ1n) is 7.14. The normalized spacial score (nSPS) is 13.3. The summed E-state index contributed by atoms with van der Waals surface area (Å²) < 4.78 is 5.73. The molecule has 20 heavy (non-hydrogen) atoms. The lowest BCUT2D eigenvalue weighted by Gasteiger charge is -2.19. The van der Waals surface area contributed by atoms with Crippen LogP contribution in [0.15, 0.2) is 48.5 Å². The average Bonchev–Trinajstić information content (AvgIpc) is 2.87. The van der Waals surface area contributed by atoms with Crippen LogP contribution in [0.25, 0.3) is 0 Å². The zero-order chi connectivity index (χ0) is 13.8. The molecule has 1 heterocycles. The second-order valence-electron chi connectivity index (χ2n) is 5.14. The minimum Gasteiger partial charge on any atom is -0.494 e. The van der Waals surface area contributed by atoms with Gasteiger partial charge in [-0.1, -0.05) is 24.3 Å². The smallest absolute Gasteiger partial charge is 0.119 e. The molecule has 0 atom stereocenters. The van der Waals surface area contributed by atoms with Gasteiger partial charge in [0.15, 0.2) is 0 Å². The van der Waals surface area contributed by atoms with Gasteiger partial charge in [0.25, 0.3) is 0 Å². The van der Waals surface area contributed by atoms with Crippen LogP contribution < -0.4 is 15.4 Å². The highest BCUT2D eigenvalue weighted by Gasteiger charge is 2.18. The number of hydrogen-bond donors (Lipinski definition) is 1. The third-order valence-corrected chi connectivity index (χ3v) is 3.69. The van der Waals surface area contributed by atoms with Crippen LogP contribution in [-0.2, 0) is 6.42 Å². The minimum absolute atomic E-state index is 0.748. The maximum atomic E-state index is 5.87. The summed E-state index contributed by atoms with van der Waals surface area (Å²) in [5, 5.41) is 0. The van der Waals surface area contributed by atoms with Crippen LogP contribution in [0.1, 0.15) is 12.0 Å². The quantitative estimate of drug-likeness (QED) is 0.669. The molecule has 2 aromatic carbocycles. The highest BCUT2D eigenvalue weighted by molar-refractivity contribution is 5.64. The summed E-state index contributed by atoms with van der Waals surface area (Å²) in [6.07, 6.45) is 2.14. The van der Waals surface area contributed by atoms with Crippen molar-refractivity contribution in [3.63, 3.8) is 0 Å². The van der Waals surface area contributed by atoms with E-state index in [1.54, 1.807) is 0 Å². The van der Waals surface area contributed by atoms with E-state index in [-0.39, 0.29) is 0 Å². The first-order valence-corrected chi connectivity index (χ1v) is 7.14. The first kappa shape index (κ1) is 12.9. The van der Waals surface area contributed by atoms with E-state index in [0.29, 0.717) is 0 Å². The number of para-hydroxylation sites is 1. The Bertz CT molecular complexity index is 568. The lowest BCUT2D eigenvalue weighted by molar-refractivity contribution is 0.312. The van der Waals surface area contributed by atoms with Crippen LogP contribution in [-0.4, -0.2) is 19.7 Å². The second-order valence-corrected chi connectivity index (χ2v) is 5.14. The standard InChI is InChI=1S/C17H20N2O/c18-15-8-7-14-9-11-19(17(14)13-15)10-4-12-20-16-5-2-1-3-6-16/h1-3,5-8,13H,4,9-12,18H2. The number of benzene rings is 2. The fourth-order valence-electron chi connectivity index (χ4n) is 2.66. The number of fused-ring (bicyclic) bond motifs is 1. The van der Waals surface area contributed by atoms with Gasteiger partial charge in [0.05, 0.1) is 6.61 Å². The molecule has 0 amide bonds. The van der Waals surface area contributed by atoms with Gasteiger partial charge in [0.2, 0.25) is 0 Å². The van der Waals surface area contributed by atoms with Crippen LogP contribution in [0.4, 0.5) is 11.4 Å². The number of ether oxygens (including phenoxy) is 1. The van der Waals surface area contributed by atoms with Crippen LogP contribution in [0.3, 0.4) is 0 Å². The number of nitrogen functional groups attached to an aromatic ring is 1. The Balaban J connectivity index is 1.50. The van der Waals surface area contributed by atoms with Crippen LogP contribution in [0.5, 0.6) is 5.75 Å². The van der Waals surface area contributed by atoms with Gasteiger partial charge in [-0.3, -0.25) is 0 Å². The summed E-state index contributed by atoms with van der Waals surface area (Å²) in [7, 11) is 0. The van der Waals surface area contributed by atoms with Crippen molar-refractivity contribution in [2.45, 2.75) is 12.8 Å². The predicted octanol–water partition coefficient (Wildman–Crippen LogP) is 3.10. The highest BCUT2D eigenvalue weighted by Crippen LogP contribution is 2.29. The maximum absolute atomic E-state index is 5.87. The van der Waals surface area contributed by atoms with Gasteiger partial charge in [-0.15, -0.1) is 0 Å². The van der Waals surface area contributed by atoms with Gasteiger partial charge in [-0.25, -0.2) is 0 Å². The van der Waals surface area contributed by atoms with Gasteiger partial charge in [0, 0.05) is 24.5 Å². The highest BCUT2D eigenvalue weighted by atomic mass is 16.5. The number of anilines is 2. The minimum atomic E-state index is 0.748. The van der Waals surface area contributed by atoms with Gasteiger partial charge in [0.1, 0.15) is 5.75 Å². The third kappa shape index (κ3) is 2.87. The second kappa shape index (κ2) is 5.87. The van der Waals surface area contributed by atoms with Crippen LogP contribution in [0.2, 0.25) is 0 Å².